The summed E-state index contributed by atoms with van der Waals surface area (Å²) in [6.07, 6.45) is 6.80. The third kappa shape index (κ3) is 3.78. The zero-order chi connectivity index (χ0) is 20.5. The zero-order valence-corrected chi connectivity index (χ0v) is 16.6. The molecule has 3 amide bonds. The molecule has 1 heterocycles. The van der Waals surface area contributed by atoms with Crippen molar-refractivity contribution in [3.8, 4) is 0 Å². The first kappa shape index (κ1) is 19.6. The van der Waals surface area contributed by atoms with Crippen LogP contribution in [0, 0.1) is 5.92 Å². The Morgan fingerprint density at radius 1 is 1.00 bits per heavy atom. The summed E-state index contributed by atoms with van der Waals surface area (Å²) in [4.78, 5) is 53.6. The molecule has 1 aromatic carbocycles. The molecule has 0 radical (unpaired) electrons. The molecule has 3 aliphatic rings. The van der Waals surface area contributed by atoms with E-state index in [1.165, 1.54) is 19.2 Å². The Morgan fingerprint density at radius 3 is 2.24 bits per heavy atom. The van der Waals surface area contributed by atoms with Crippen molar-refractivity contribution in [2.45, 2.75) is 63.5 Å². The number of anilines is 1. The van der Waals surface area contributed by atoms with E-state index in [1.807, 2.05) is 0 Å². The molecule has 0 bridgehead atoms. The van der Waals surface area contributed by atoms with Crippen LogP contribution in [-0.2, 0) is 19.1 Å². The van der Waals surface area contributed by atoms with Gasteiger partial charge in [-0.3, -0.25) is 14.4 Å². The highest BCUT2D eigenvalue weighted by Crippen LogP contribution is 2.37. The van der Waals surface area contributed by atoms with Crippen LogP contribution in [0.5, 0.6) is 0 Å². The van der Waals surface area contributed by atoms with Gasteiger partial charge in [-0.15, -0.1) is 0 Å². The van der Waals surface area contributed by atoms with Crippen molar-refractivity contribution in [2.75, 3.05) is 12.0 Å². The van der Waals surface area contributed by atoms with E-state index in [1.54, 1.807) is 17.0 Å². The lowest BCUT2D eigenvalue weighted by molar-refractivity contribution is -0.143. The number of imide groups is 1. The van der Waals surface area contributed by atoms with Crippen molar-refractivity contribution in [2.24, 2.45) is 5.92 Å². The lowest BCUT2D eigenvalue weighted by Gasteiger charge is -2.32. The fraction of sp³-hybridized carbons (Fsp3) is 0.545. The summed E-state index contributed by atoms with van der Waals surface area (Å²) in [6, 6.07) is 5.54. The van der Waals surface area contributed by atoms with E-state index in [0.29, 0.717) is 11.3 Å². The van der Waals surface area contributed by atoms with Crippen LogP contribution in [0.3, 0.4) is 0 Å². The van der Waals surface area contributed by atoms with Crippen LogP contribution in [0.1, 0.15) is 61.7 Å². The second-order valence-electron chi connectivity index (χ2n) is 8.14. The van der Waals surface area contributed by atoms with Gasteiger partial charge < -0.3 is 9.64 Å². The predicted octanol–water partition coefficient (Wildman–Crippen LogP) is 2.68. The molecule has 1 saturated heterocycles. The van der Waals surface area contributed by atoms with Gasteiger partial charge in [0.2, 0.25) is 11.8 Å². The maximum atomic E-state index is 13.2. The number of hydrogen-bond donors (Lipinski definition) is 0. The summed E-state index contributed by atoms with van der Waals surface area (Å²) in [7, 11) is 1.30. The molecule has 1 unspecified atom stereocenters. The average molecular weight is 398 g/mol. The molecule has 2 aliphatic carbocycles. The summed E-state index contributed by atoms with van der Waals surface area (Å²) in [5, 5.41) is 0. The van der Waals surface area contributed by atoms with Crippen molar-refractivity contribution >= 4 is 29.4 Å². The van der Waals surface area contributed by atoms with E-state index < -0.39 is 12.0 Å². The van der Waals surface area contributed by atoms with Crippen LogP contribution >= 0.6 is 0 Å². The quantitative estimate of drug-likeness (QED) is 0.562. The molecule has 1 aromatic rings. The van der Waals surface area contributed by atoms with Crippen molar-refractivity contribution in [3.05, 3.63) is 29.8 Å². The number of ether oxygens (including phenoxy) is 1. The van der Waals surface area contributed by atoms with Gasteiger partial charge in [-0.1, -0.05) is 19.3 Å². The van der Waals surface area contributed by atoms with Crippen LogP contribution in [0.15, 0.2) is 24.3 Å². The third-order valence-electron chi connectivity index (χ3n) is 6.15. The highest BCUT2D eigenvalue weighted by molar-refractivity contribution is 6.23. The minimum absolute atomic E-state index is 0.0204. The molecule has 2 saturated carbocycles. The van der Waals surface area contributed by atoms with E-state index in [2.05, 4.69) is 4.74 Å². The molecule has 154 valence electrons. The van der Waals surface area contributed by atoms with Gasteiger partial charge in [-0.25, -0.2) is 9.69 Å². The van der Waals surface area contributed by atoms with Crippen LogP contribution < -0.4 is 4.90 Å². The van der Waals surface area contributed by atoms with Crippen LogP contribution in [0.2, 0.25) is 0 Å². The molecular weight excluding hydrogens is 372 g/mol. The number of methoxy groups -OCH3 is 1. The molecule has 0 N–H and O–H groups in total. The SMILES string of the molecule is COC(=O)c1ccc(N2C(=O)CC(N(C(=O)C3CCCCC3)C3CC3)C2=O)cc1. The van der Waals surface area contributed by atoms with Gasteiger partial charge in [0.1, 0.15) is 6.04 Å². The van der Waals surface area contributed by atoms with Gasteiger partial charge in [0, 0.05) is 12.0 Å². The molecular formula is C22H26N2O5. The normalized spacial score (nSPS) is 22.7. The Labute approximate surface area is 170 Å². The third-order valence-corrected chi connectivity index (χ3v) is 6.15. The van der Waals surface area contributed by atoms with E-state index in [9.17, 15) is 19.2 Å². The monoisotopic (exact) mass is 398 g/mol. The van der Waals surface area contributed by atoms with E-state index in [-0.39, 0.29) is 36.1 Å². The van der Waals surface area contributed by atoms with E-state index in [4.69, 9.17) is 0 Å². The maximum absolute atomic E-state index is 13.2. The van der Waals surface area contributed by atoms with E-state index >= 15 is 0 Å². The predicted molar refractivity (Wildman–Crippen MR) is 105 cm³/mol. The molecule has 0 aromatic heterocycles. The Balaban J connectivity index is 1.54. The topological polar surface area (TPSA) is 84.0 Å². The summed E-state index contributed by atoms with van der Waals surface area (Å²) in [5.41, 5.74) is 0.759. The number of hydrogen-bond acceptors (Lipinski definition) is 5. The first-order valence-corrected chi connectivity index (χ1v) is 10.4. The van der Waals surface area contributed by atoms with Gasteiger partial charge in [0.05, 0.1) is 24.8 Å². The first-order valence-electron chi connectivity index (χ1n) is 10.4. The Bertz CT molecular complexity index is 824. The van der Waals surface area contributed by atoms with Crippen molar-refractivity contribution in [1.29, 1.82) is 0 Å². The fourth-order valence-corrected chi connectivity index (χ4v) is 4.47. The fourth-order valence-electron chi connectivity index (χ4n) is 4.47. The smallest absolute Gasteiger partial charge is 0.337 e. The van der Waals surface area contributed by atoms with Crippen LogP contribution in [-0.4, -0.2) is 47.8 Å². The summed E-state index contributed by atoms with van der Waals surface area (Å²) >= 11 is 0. The molecule has 29 heavy (non-hydrogen) atoms. The second-order valence-corrected chi connectivity index (χ2v) is 8.14. The Hall–Kier alpha value is -2.70. The highest BCUT2D eigenvalue weighted by Gasteiger charge is 2.49. The zero-order valence-electron chi connectivity index (χ0n) is 16.6. The molecule has 7 nitrogen and oxygen atoms in total. The molecule has 1 aliphatic heterocycles. The molecule has 1 atom stereocenters. The van der Waals surface area contributed by atoms with Crippen molar-refractivity contribution in [3.63, 3.8) is 0 Å². The number of carbonyl (C=O) groups excluding carboxylic acids is 4. The number of esters is 1. The molecule has 7 heteroatoms. The van der Waals surface area contributed by atoms with Gasteiger partial charge in [-0.2, -0.15) is 0 Å². The number of amides is 3. The number of carbonyl (C=O) groups is 4. The lowest BCUT2D eigenvalue weighted by Crippen LogP contribution is -2.49. The Morgan fingerprint density at radius 2 is 1.66 bits per heavy atom. The second kappa shape index (κ2) is 7.97. The summed E-state index contributed by atoms with van der Waals surface area (Å²) in [6.45, 7) is 0. The summed E-state index contributed by atoms with van der Waals surface area (Å²) in [5.74, 6) is -1.13. The first-order chi connectivity index (χ1) is 14.0. The summed E-state index contributed by atoms with van der Waals surface area (Å²) < 4.78 is 4.68. The number of nitrogens with zero attached hydrogens (tertiary/aromatic N) is 2. The van der Waals surface area contributed by atoms with Crippen LogP contribution in [0.25, 0.3) is 0 Å². The van der Waals surface area contributed by atoms with Gasteiger partial charge >= 0.3 is 5.97 Å². The Kier molecular flexibility index (Phi) is 5.39. The van der Waals surface area contributed by atoms with Gasteiger partial charge in [-0.05, 0) is 49.9 Å². The number of benzene rings is 1. The average Bonchev–Trinajstić information content (AvgIpc) is 3.54. The minimum Gasteiger partial charge on any atom is -0.465 e. The molecule has 4 rings (SSSR count). The van der Waals surface area contributed by atoms with Crippen LogP contribution in [0.4, 0.5) is 5.69 Å². The van der Waals surface area contributed by atoms with Gasteiger partial charge in [0.15, 0.2) is 0 Å². The van der Waals surface area contributed by atoms with Crippen molar-refractivity contribution in [1.82, 2.24) is 4.90 Å². The minimum atomic E-state index is -0.718. The highest BCUT2D eigenvalue weighted by atomic mass is 16.5. The maximum Gasteiger partial charge on any atom is 0.337 e. The molecule has 3 fully saturated rings. The lowest BCUT2D eigenvalue weighted by atomic mass is 9.88. The van der Waals surface area contributed by atoms with E-state index in [0.717, 1.165) is 49.8 Å². The molecule has 0 spiro atoms. The largest absolute Gasteiger partial charge is 0.465 e. The number of rotatable bonds is 5. The van der Waals surface area contributed by atoms with Crippen molar-refractivity contribution < 1.29 is 23.9 Å². The van der Waals surface area contributed by atoms with Gasteiger partial charge in [0.25, 0.3) is 5.91 Å². The standard InChI is InChI=1S/C22H26N2O5/c1-29-22(28)15-7-9-17(10-8-15)24-19(25)13-18(21(24)27)23(16-11-12-16)20(26)14-5-3-2-4-6-14/h7-10,14,16,18H,2-6,11-13H2,1H3.